The van der Waals surface area contributed by atoms with Gasteiger partial charge in [-0.15, -0.1) is 0 Å². The summed E-state index contributed by atoms with van der Waals surface area (Å²) in [5.74, 6) is 0. The van der Waals surface area contributed by atoms with Gasteiger partial charge in [-0.25, -0.2) is 0 Å². The fourth-order valence-electron chi connectivity index (χ4n) is 1.74. The first kappa shape index (κ1) is 12.9. The highest BCUT2D eigenvalue weighted by molar-refractivity contribution is 4.85. The molecule has 0 radical (unpaired) electrons. The van der Waals surface area contributed by atoms with Crippen LogP contribution in [0.15, 0.2) is 0 Å². The molecule has 0 heterocycles. The molecular weight excluding hydrogens is 188 g/mol. The lowest BCUT2D eigenvalue weighted by molar-refractivity contribution is 0.144. The van der Waals surface area contributed by atoms with Crippen LogP contribution < -0.4 is 5.32 Å². The minimum absolute atomic E-state index is 0.657. The van der Waals surface area contributed by atoms with E-state index in [-0.39, 0.29) is 0 Å². The number of nitrogens with zero attached hydrogens (tertiary/aromatic N) is 1. The molecule has 1 unspecified atom stereocenters. The van der Waals surface area contributed by atoms with Crippen molar-refractivity contribution < 1.29 is 4.74 Å². The Hall–Kier alpha value is -0.120. The molecule has 1 aliphatic carbocycles. The van der Waals surface area contributed by atoms with Crippen LogP contribution in [0.4, 0.5) is 0 Å². The molecule has 1 N–H and O–H groups in total. The fraction of sp³-hybridized carbons (Fsp3) is 1.00. The fourth-order valence-corrected chi connectivity index (χ4v) is 1.74. The van der Waals surface area contributed by atoms with Crippen molar-refractivity contribution in [3.8, 4) is 0 Å². The monoisotopic (exact) mass is 214 g/mol. The van der Waals surface area contributed by atoms with Crippen LogP contribution in [-0.4, -0.2) is 50.3 Å². The Labute approximate surface area is 94.2 Å². The highest BCUT2D eigenvalue weighted by atomic mass is 16.5. The molecule has 0 aromatic heterocycles. The number of likely N-dealkylation sites (N-methyl/N-ethyl adjacent to an activating group) is 1. The van der Waals surface area contributed by atoms with E-state index in [1.807, 2.05) is 6.92 Å². The smallest absolute Gasteiger partial charge is 0.0477 e. The molecular formula is C12H26N2O. The second-order valence-corrected chi connectivity index (χ2v) is 4.50. The largest absolute Gasteiger partial charge is 0.382 e. The van der Waals surface area contributed by atoms with Crippen molar-refractivity contribution in [3.63, 3.8) is 0 Å². The summed E-state index contributed by atoms with van der Waals surface area (Å²) in [7, 11) is 2.24. The highest BCUT2D eigenvalue weighted by Gasteiger charge is 2.28. The Morgan fingerprint density at radius 1 is 1.47 bits per heavy atom. The molecule has 3 heteroatoms. The van der Waals surface area contributed by atoms with Crippen LogP contribution in [0.3, 0.4) is 0 Å². The molecule has 0 aromatic carbocycles. The van der Waals surface area contributed by atoms with E-state index in [4.69, 9.17) is 4.74 Å². The first-order valence-corrected chi connectivity index (χ1v) is 6.26. The van der Waals surface area contributed by atoms with Crippen molar-refractivity contribution in [1.29, 1.82) is 0 Å². The van der Waals surface area contributed by atoms with Crippen LogP contribution in [0.5, 0.6) is 0 Å². The van der Waals surface area contributed by atoms with Gasteiger partial charge in [0.15, 0.2) is 0 Å². The minimum Gasteiger partial charge on any atom is -0.382 e. The van der Waals surface area contributed by atoms with Crippen molar-refractivity contribution in [2.45, 2.75) is 45.2 Å². The molecule has 0 saturated heterocycles. The Morgan fingerprint density at radius 2 is 2.20 bits per heavy atom. The lowest BCUT2D eigenvalue weighted by Crippen LogP contribution is -2.39. The summed E-state index contributed by atoms with van der Waals surface area (Å²) in [5.41, 5.74) is 0. The summed E-state index contributed by atoms with van der Waals surface area (Å²) in [4.78, 5) is 2.50. The molecule has 90 valence electrons. The number of rotatable bonds is 9. The standard InChI is InChI=1S/C12H26N2O/c1-4-15-9-5-8-13-10-11(2)14(3)12-6-7-12/h11-13H,4-10H2,1-3H3. The zero-order valence-corrected chi connectivity index (χ0v) is 10.5. The SMILES string of the molecule is CCOCCCNCC(C)N(C)C1CC1. The van der Waals surface area contributed by atoms with Gasteiger partial charge in [0.25, 0.3) is 0 Å². The van der Waals surface area contributed by atoms with Crippen molar-refractivity contribution in [1.82, 2.24) is 10.2 Å². The predicted octanol–water partition coefficient (Wildman–Crippen LogP) is 1.49. The molecule has 1 fully saturated rings. The molecule has 1 rings (SSSR count). The Balaban J connectivity index is 1.89. The summed E-state index contributed by atoms with van der Waals surface area (Å²) in [6.45, 7) is 8.23. The molecule has 1 saturated carbocycles. The molecule has 0 spiro atoms. The first-order valence-electron chi connectivity index (χ1n) is 6.26. The molecule has 15 heavy (non-hydrogen) atoms. The quantitative estimate of drug-likeness (QED) is 0.589. The van der Waals surface area contributed by atoms with Crippen LogP contribution in [0.25, 0.3) is 0 Å². The molecule has 0 bridgehead atoms. The second kappa shape index (κ2) is 7.20. The van der Waals surface area contributed by atoms with Crippen molar-refractivity contribution >= 4 is 0 Å². The van der Waals surface area contributed by atoms with Gasteiger partial charge in [0.1, 0.15) is 0 Å². The molecule has 3 nitrogen and oxygen atoms in total. The molecule has 0 amide bonds. The topological polar surface area (TPSA) is 24.5 Å². The van der Waals surface area contributed by atoms with E-state index in [1.165, 1.54) is 12.8 Å². The summed E-state index contributed by atoms with van der Waals surface area (Å²) in [6.07, 6.45) is 3.91. The van der Waals surface area contributed by atoms with Crippen molar-refractivity contribution in [2.75, 3.05) is 33.4 Å². The molecule has 1 aliphatic rings. The van der Waals surface area contributed by atoms with Gasteiger partial charge in [0.2, 0.25) is 0 Å². The van der Waals surface area contributed by atoms with E-state index in [0.29, 0.717) is 6.04 Å². The number of hydrogen-bond donors (Lipinski definition) is 1. The minimum atomic E-state index is 0.657. The van der Waals surface area contributed by atoms with E-state index in [1.54, 1.807) is 0 Å². The number of nitrogens with one attached hydrogen (secondary N) is 1. The van der Waals surface area contributed by atoms with Gasteiger partial charge in [-0.05, 0) is 46.7 Å². The van der Waals surface area contributed by atoms with E-state index in [2.05, 4.69) is 24.2 Å². The van der Waals surface area contributed by atoms with Crippen molar-refractivity contribution in [3.05, 3.63) is 0 Å². The summed E-state index contributed by atoms with van der Waals surface area (Å²) in [6, 6.07) is 1.52. The van der Waals surface area contributed by atoms with E-state index in [9.17, 15) is 0 Å². The lowest BCUT2D eigenvalue weighted by Gasteiger charge is -2.24. The average molecular weight is 214 g/mol. The summed E-state index contributed by atoms with van der Waals surface area (Å²) < 4.78 is 5.29. The Kier molecular flexibility index (Phi) is 6.22. The van der Waals surface area contributed by atoms with E-state index < -0.39 is 0 Å². The van der Waals surface area contributed by atoms with Gasteiger partial charge in [0, 0.05) is 31.8 Å². The van der Waals surface area contributed by atoms with Crippen LogP contribution in [-0.2, 0) is 4.74 Å². The number of ether oxygens (including phenoxy) is 1. The third-order valence-corrected chi connectivity index (χ3v) is 3.10. The van der Waals surface area contributed by atoms with Crippen LogP contribution in [0, 0.1) is 0 Å². The van der Waals surface area contributed by atoms with Gasteiger partial charge in [0.05, 0.1) is 0 Å². The Bertz CT molecular complexity index is 160. The second-order valence-electron chi connectivity index (χ2n) is 4.50. The normalized spacial score (nSPS) is 18.4. The van der Waals surface area contributed by atoms with E-state index >= 15 is 0 Å². The predicted molar refractivity (Wildman–Crippen MR) is 64.2 cm³/mol. The van der Waals surface area contributed by atoms with Gasteiger partial charge in [-0.2, -0.15) is 0 Å². The molecule has 0 aliphatic heterocycles. The zero-order valence-electron chi connectivity index (χ0n) is 10.5. The lowest BCUT2D eigenvalue weighted by atomic mass is 10.3. The van der Waals surface area contributed by atoms with Gasteiger partial charge >= 0.3 is 0 Å². The average Bonchev–Trinajstić information content (AvgIpc) is 3.05. The van der Waals surface area contributed by atoms with Crippen molar-refractivity contribution in [2.24, 2.45) is 0 Å². The van der Waals surface area contributed by atoms with Crippen LogP contribution in [0.2, 0.25) is 0 Å². The van der Waals surface area contributed by atoms with Crippen LogP contribution >= 0.6 is 0 Å². The van der Waals surface area contributed by atoms with E-state index in [0.717, 1.165) is 38.8 Å². The van der Waals surface area contributed by atoms with Gasteiger partial charge in [-0.1, -0.05) is 0 Å². The zero-order chi connectivity index (χ0) is 11.1. The molecule has 0 aromatic rings. The highest BCUT2D eigenvalue weighted by Crippen LogP contribution is 2.26. The summed E-state index contributed by atoms with van der Waals surface area (Å²) in [5, 5.41) is 3.49. The van der Waals surface area contributed by atoms with Gasteiger partial charge < -0.3 is 10.1 Å². The maximum absolute atomic E-state index is 5.29. The Morgan fingerprint density at radius 3 is 2.80 bits per heavy atom. The maximum atomic E-state index is 5.29. The number of hydrogen-bond acceptors (Lipinski definition) is 3. The maximum Gasteiger partial charge on any atom is 0.0477 e. The molecule has 1 atom stereocenters. The summed E-state index contributed by atoms with van der Waals surface area (Å²) >= 11 is 0. The third kappa shape index (κ3) is 5.50. The van der Waals surface area contributed by atoms with Gasteiger partial charge in [-0.3, -0.25) is 4.90 Å². The first-order chi connectivity index (χ1) is 7.25. The van der Waals surface area contributed by atoms with Crippen LogP contribution in [0.1, 0.15) is 33.1 Å². The third-order valence-electron chi connectivity index (χ3n) is 3.10.